The van der Waals surface area contributed by atoms with Crippen LogP contribution in [0.2, 0.25) is 0 Å². The van der Waals surface area contributed by atoms with Gasteiger partial charge >= 0.3 is 5.79 Å². The Labute approximate surface area is 182 Å². The molecule has 31 heavy (non-hydrogen) atoms. The Hall–Kier alpha value is -2.79. The topological polar surface area (TPSA) is 134 Å². The number of nitrogens with zero attached hydrogens (tertiary/aromatic N) is 4. The van der Waals surface area contributed by atoms with E-state index < -0.39 is 20.7 Å². The molecule has 2 aromatic rings. The van der Waals surface area contributed by atoms with Crippen molar-refractivity contribution < 1.29 is 13.3 Å². The summed E-state index contributed by atoms with van der Waals surface area (Å²) in [7, 11) is -4.20. The van der Waals surface area contributed by atoms with Crippen LogP contribution < -0.4 is 5.43 Å². The normalized spacial score (nSPS) is 19.2. The van der Waals surface area contributed by atoms with Gasteiger partial charge in [0.1, 0.15) is 6.34 Å². The van der Waals surface area contributed by atoms with E-state index in [1.54, 1.807) is 0 Å². The number of hydrazine groups is 1. The van der Waals surface area contributed by atoms with Gasteiger partial charge in [0.25, 0.3) is 10.0 Å². The minimum Gasteiger partial charge on any atom is -0.339 e. The second kappa shape index (κ2) is 8.04. The largest absolute Gasteiger partial charge is 0.449 e. The summed E-state index contributed by atoms with van der Waals surface area (Å²) >= 11 is 0. The lowest BCUT2D eigenvalue weighted by molar-refractivity contribution is -0.589. The predicted molar refractivity (Wildman–Crippen MR) is 117 cm³/mol. The number of aliphatic imine (C=N–C) groups is 1. The lowest BCUT2D eigenvalue weighted by atomic mass is 9.89. The zero-order chi connectivity index (χ0) is 23.1. The first-order chi connectivity index (χ1) is 14.4. The van der Waals surface area contributed by atoms with Gasteiger partial charge in [-0.25, -0.2) is 4.98 Å². The quantitative estimate of drug-likeness (QED) is 0.492. The zero-order valence-electron chi connectivity index (χ0n) is 18.4. The molecule has 168 valence electrons. The molecule has 0 fully saturated rings. The van der Waals surface area contributed by atoms with E-state index in [0.717, 1.165) is 16.3 Å². The van der Waals surface area contributed by atoms with E-state index in [2.05, 4.69) is 34.2 Å². The van der Waals surface area contributed by atoms with Gasteiger partial charge in [-0.05, 0) is 34.4 Å². The molecule has 0 amide bonds. The van der Waals surface area contributed by atoms with Crippen molar-refractivity contribution in [1.82, 2.24) is 19.8 Å². The van der Waals surface area contributed by atoms with Crippen molar-refractivity contribution in [3.63, 3.8) is 0 Å². The molecule has 1 unspecified atom stereocenters. The molecule has 0 saturated carbocycles. The Morgan fingerprint density at radius 3 is 2.06 bits per heavy atom. The van der Waals surface area contributed by atoms with Crippen LogP contribution in [0.5, 0.6) is 0 Å². The van der Waals surface area contributed by atoms with Crippen molar-refractivity contribution in [2.75, 3.05) is 0 Å². The fourth-order valence-corrected chi connectivity index (χ4v) is 5.30. The summed E-state index contributed by atoms with van der Waals surface area (Å²) in [5, 5.41) is 11.8. The molecule has 1 aliphatic heterocycles. The number of aromatic amines is 1. The van der Waals surface area contributed by atoms with Gasteiger partial charge < -0.3 is 4.98 Å². The van der Waals surface area contributed by atoms with Crippen LogP contribution in [0.4, 0.5) is 0 Å². The summed E-state index contributed by atoms with van der Waals surface area (Å²) in [5.41, 5.74) is 4.83. The highest BCUT2D eigenvalue weighted by Gasteiger charge is 2.55. The molecule has 10 nitrogen and oxygen atoms in total. The first kappa shape index (κ1) is 22.9. The highest BCUT2D eigenvalue weighted by molar-refractivity contribution is 7.89. The molecule has 0 saturated heterocycles. The predicted octanol–water partition coefficient (Wildman–Crippen LogP) is 3.40. The number of hydrogen-bond acceptors (Lipinski definition) is 7. The minimum absolute atomic E-state index is 0.0779. The summed E-state index contributed by atoms with van der Waals surface area (Å²) in [6, 6.07) is 3.82. The number of nitrogens with one attached hydrogen (secondary N) is 2. The summed E-state index contributed by atoms with van der Waals surface area (Å²) < 4.78 is 28.3. The Balaban J connectivity index is 2.17. The van der Waals surface area contributed by atoms with E-state index in [1.807, 2.05) is 39.8 Å². The van der Waals surface area contributed by atoms with Gasteiger partial charge in [0, 0.05) is 12.4 Å². The monoisotopic (exact) mass is 448 g/mol. The third kappa shape index (κ3) is 3.83. The maximum atomic E-state index is 13.8. The summed E-state index contributed by atoms with van der Waals surface area (Å²) in [6.45, 7) is 11.8. The van der Waals surface area contributed by atoms with E-state index in [0.29, 0.717) is 11.1 Å². The Kier molecular flexibility index (Phi) is 5.94. The van der Waals surface area contributed by atoms with Gasteiger partial charge in [0.15, 0.2) is 0 Å². The molecule has 1 aromatic carbocycles. The summed E-state index contributed by atoms with van der Waals surface area (Å²) in [6.07, 6.45) is 3.69. The Morgan fingerprint density at radius 1 is 1.06 bits per heavy atom. The maximum absolute atomic E-state index is 13.8. The molecule has 0 aliphatic carbocycles. The number of hydrogen-bond donors (Lipinski definition) is 2. The third-order valence-corrected chi connectivity index (χ3v) is 7.00. The van der Waals surface area contributed by atoms with Gasteiger partial charge in [-0.2, -0.15) is 17.8 Å². The maximum Gasteiger partial charge on any atom is 0.449 e. The van der Waals surface area contributed by atoms with Gasteiger partial charge in [-0.3, -0.25) is 10.1 Å². The molecular formula is C20H28N6O4S. The molecule has 0 spiro atoms. The summed E-state index contributed by atoms with van der Waals surface area (Å²) in [4.78, 5) is 21.7. The van der Waals surface area contributed by atoms with E-state index in [-0.39, 0.29) is 28.5 Å². The van der Waals surface area contributed by atoms with Crippen molar-refractivity contribution in [1.29, 1.82) is 0 Å². The van der Waals surface area contributed by atoms with Crippen LogP contribution in [0.15, 0.2) is 34.4 Å². The number of rotatable bonds is 7. The second-order valence-electron chi connectivity index (χ2n) is 8.52. The van der Waals surface area contributed by atoms with Gasteiger partial charge in [-0.1, -0.05) is 53.7 Å². The zero-order valence-corrected chi connectivity index (χ0v) is 19.3. The first-order valence-corrected chi connectivity index (χ1v) is 11.6. The number of benzene rings is 1. The molecule has 0 radical (unpaired) electrons. The van der Waals surface area contributed by atoms with Crippen molar-refractivity contribution in [2.24, 2.45) is 4.99 Å². The molecule has 11 heteroatoms. The van der Waals surface area contributed by atoms with Gasteiger partial charge in [0.05, 0.1) is 9.82 Å². The highest BCUT2D eigenvalue weighted by atomic mass is 32.2. The molecule has 1 atom stereocenters. The van der Waals surface area contributed by atoms with Crippen LogP contribution in [-0.4, -0.2) is 34.1 Å². The molecular weight excluding hydrogens is 420 g/mol. The van der Waals surface area contributed by atoms with E-state index in [1.165, 1.54) is 12.4 Å². The molecule has 3 rings (SSSR count). The Bertz CT molecular complexity index is 1080. The number of sulfonamides is 1. The average molecular weight is 449 g/mol. The van der Waals surface area contributed by atoms with Crippen LogP contribution in [0.25, 0.3) is 0 Å². The fourth-order valence-electron chi connectivity index (χ4n) is 3.50. The lowest BCUT2D eigenvalue weighted by Crippen LogP contribution is -2.52. The van der Waals surface area contributed by atoms with Gasteiger partial charge in [0.2, 0.25) is 5.82 Å². The van der Waals surface area contributed by atoms with Crippen LogP contribution in [0, 0.1) is 10.1 Å². The Morgan fingerprint density at radius 2 is 1.65 bits per heavy atom. The number of H-pyrrole nitrogens is 1. The molecule has 2 heterocycles. The summed E-state index contributed by atoms with van der Waals surface area (Å²) in [5.74, 6) is -2.30. The van der Waals surface area contributed by atoms with Crippen LogP contribution in [-0.2, 0) is 15.8 Å². The molecule has 2 N–H and O–H groups in total. The number of nitro groups is 1. The standard InChI is InChI=1S/C20H28N6O4S/c1-12(2)15-9-16(13(3)4)18(17(10-15)14(5)6)31(29,30)25-11-23-20(24-25,26(27)28)19-21-7-8-22-19/h7-14,24H,1-6H3,(H,21,22). The molecule has 0 bridgehead atoms. The van der Waals surface area contributed by atoms with E-state index in [9.17, 15) is 18.5 Å². The van der Waals surface area contributed by atoms with Crippen LogP contribution >= 0.6 is 0 Å². The molecule has 1 aliphatic rings. The van der Waals surface area contributed by atoms with Gasteiger partial charge in [-0.15, -0.1) is 5.43 Å². The number of aromatic nitrogens is 2. The average Bonchev–Trinajstić information content (AvgIpc) is 3.37. The fraction of sp³-hybridized carbons (Fsp3) is 0.500. The first-order valence-electron chi connectivity index (χ1n) is 10.1. The molecule has 1 aromatic heterocycles. The minimum atomic E-state index is -4.20. The number of imidazole rings is 1. The lowest BCUT2D eigenvalue weighted by Gasteiger charge is -2.26. The van der Waals surface area contributed by atoms with Crippen LogP contribution in [0.1, 0.15) is 81.8 Å². The van der Waals surface area contributed by atoms with Crippen molar-refractivity contribution in [3.05, 3.63) is 57.2 Å². The highest BCUT2D eigenvalue weighted by Crippen LogP contribution is 2.37. The van der Waals surface area contributed by atoms with Crippen molar-refractivity contribution >= 4 is 16.4 Å². The second-order valence-corrected chi connectivity index (χ2v) is 10.3. The van der Waals surface area contributed by atoms with E-state index in [4.69, 9.17) is 0 Å². The third-order valence-electron chi connectivity index (χ3n) is 5.30. The van der Waals surface area contributed by atoms with Crippen LogP contribution in [0.3, 0.4) is 0 Å². The smallest absolute Gasteiger partial charge is 0.339 e. The van der Waals surface area contributed by atoms with Crippen molar-refractivity contribution in [2.45, 2.75) is 70.0 Å². The SMILES string of the molecule is CC(C)c1cc(C(C)C)c(S(=O)(=O)N2C=NC(c3ncc[nH]3)([N+](=O)[O-])N2)c(C(C)C)c1. The van der Waals surface area contributed by atoms with E-state index >= 15 is 0 Å². The van der Waals surface area contributed by atoms with Crippen molar-refractivity contribution in [3.8, 4) is 0 Å².